The first kappa shape index (κ1) is 9.96. The second-order valence-corrected chi connectivity index (χ2v) is 3.74. The van der Waals surface area contributed by atoms with E-state index in [1.807, 2.05) is 0 Å². The summed E-state index contributed by atoms with van der Waals surface area (Å²) >= 11 is 0. The average molecular weight is 207 g/mol. The highest BCUT2D eigenvalue weighted by Gasteiger charge is 2.24. The Hall–Kier alpha value is -1.58. The fraction of sp³-hybridized carbons (Fsp3) is 0.455. The molecule has 0 atom stereocenters. The van der Waals surface area contributed by atoms with Gasteiger partial charge in [0, 0.05) is 19.0 Å². The van der Waals surface area contributed by atoms with Gasteiger partial charge in [0.15, 0.2) is 5.76 Å². The Morgan fingerprint density at radius 2 is 2.20 bits per heavy atom. The number of nitrogens with zero attached hydrogens (tertiary/aromatic N) is 1. The van der Waals surface area contributed by atoms with Gasteiger partial charge < -0.3 is 14.1 Å². The second kappa shape index (κ2) is 4.29. The van der Waals surface area contributed by atoms with Crippen LogP contribution < -0.4 is 0 Å². The summed E-state index contributed by atoms with van der Waals surface area (Å²) in [5.41, 5.74) is 0. The van der Waals surface area contributed by atoms with Crippen LogP contribution in [0.25, 0.3) is 0 Å². The Kier molecular flexibility index (Phi) is 2.85. The Balaban J connectivity index is 1.96. The number of furan rings is 1. The molecule has 0 aromatic carbocycles. The molecular weight excluding hydrogens is 194 g/mol. The van der Waals surface area contributed by atoms with Crippen molar-refractivity contribution in [3.8, 4) is 0 Å². The molecule has 4 heteroatoms. The van der Waals surface area contributed by atoms with Gasteiger partial charge >= 0.3 is 0 Å². The zero-order chi connectivity index (χ0) is 10.7. The van der Waals surface area contributed by atoms with Crippen molar-refractivity contribution in [3.63, 3.8) is 0 Å². The molecule has 2 rings (SSSR count). The van der Waals surface area contributed by atoms with E-state index in [0.717, 1.165) is 19.1 Å². The van der Waals surface area contributed by atoms with E-state index in [4.69, 9.17) is 4.42 Å². The summed E-state index contributed by atoms with van der Waals surface area (Å²) < 4.78 is 5.04. The van der Waals surface area contributed by atoms with Crippen LogP contribution in [0.3, 0.4) is 0 Å². The summed E-state index contributed by atoms with van der Waals surface area (Å²) in [7, 11) is 0. The molecule has 1 aliphatic rings. The Bertz CT molecular complexity index is 337. The number of amides is 1. The minimum Gasteiger partial charge on any atom is -0.459 e. The van der Waals surface area contributed by atoms with Gasteiger partial charge in [0.2, 0.25) is 0 Å². The summed E-state index contributed by atoms with van der Waals surface area (Å²) in [6.07, 6.45) is 3.99. The minimum absolute atomic E-state index is 0.0793. The largest absolute Gasteiger partial charge is 0.459 e. The summed E-state index contributed by atoms with van der Waals surface area (Å²) in [6.45, 7) is 1.28. The number of aldehydes is 1. The molecule has 1 saturated heterocycles. The number of hydrogen-bond acceptors (Lipinski definition) is 3. The van der Waals surface area contributed by atoms with Crippen LogP contribution in [0.1, 0.15) is 23.4 Å². The molecule has 1 aromatic rings. The van der Waals surface area contributed by atoms with Crippen LogP contribution in [-0.2, 0) is 4.79 Å². The maximum Gasteiger partial charge on any atom is 0.289 e. The zero-order valence-electron chi connectivity index (χ0n) is 8.39. The van der Waals surface area contributed by atoms with E-state index in [2.05, 4.69) is 0 Å². The van der Waals surface area contributed by atoms with Crippen molar-refractivity contribution in [1.82, 2.24) is 4.90 Å². The standard InChI is InChI=1S/C11H13NO3/c13-8-9-3-5-12(6-4-9)11(14)10-2-1-7-15-10/h1-2,7-9H,3-6H2. The fourth-order valence-corrected chi connectivity index (χ4v) is 1.79. The maximum absolute atomic E-state index is 11.8. The lowest BCUT2D eigenvalue weighted by Crippen LogP contribution is -2.38. The van der Waals surface area contributed by atoms with E-state index in [0.29, 0.717) is 18.8 Å². The third-order valence-electron chi connectivity index (χ3n) is 2.75. The van der Waals surface area contributed by atoms with E-state index >= 15 is 0 Å². The number of rotatable bonds is 2. The molecule has 0 bridgehead atoms. The van der Waals surface area contributed by atoms with Gasteiger partial charge in [-0.25, -0.2) is 0 Å². The van der Waals surface area contributed by atoms with Crippen molar-refractivity contribution < 1.29 is 14.0 Å². The van der Waals surface area contributed by atoms with Crippen LogP contribution in [0.15, 0.2) is 22.8 Å². The van der Waals surface area contributed by atoms with Gasteiger partial charge in [0.05, 0.1) is 6.26 Å². The number of carbonyl (C=O) groups is 2. The lowest BCUT2D eigenvalue weighted by Gasteiger charge is -2.28. The zero-order valence-corrected chi connectivity index (χ0v) is 8.39. The molecule has 2 heterocycles. The normalized spacial score (nSPS) is 17.7. The molecule has 1 aromatic heterocycles. The number of carbonyl (C=O) groups excluding carboxylic acids is 2. The maximum atomic E-state index is 11.8. The Morgan fingerprint density at radius 3 is 2.73 bits per heavy atom. The monoisotopic (exact) mass is 207 g/mol. The van der Waals surface area contributed by atoms with Crippen molar-refractivity contribution >= 4 is 12.2 Å². The van der Waals surface area contributed by atoms with Gasteiger partial charge in [-0.1, -0.05) is 0 Å². The molecule has 0 unspecified atom stereocenters. The topological polar surface area (TPSA) is 50.5 Å². The van der Waals surface area contributed by atoms with E-state index < -0.39 is 0 Å². The molecule has 15 heavy (non-hydrogen) atoms. The second-order valence-electron chi connectivity index (χ2n) is 3.74. The molecule has 4 nitrogen and oxygen atoms in total. The van der Waals surface area contributed by atoms with Crippen molar-refractivity contribution in [2.45, 2.75) is 12.8 Å². The molecule has 1 fully saturated rings. The predicted octanol–water partition coefficient (Wildman–Crippen LogP) is 1.33. The smallest absolute Gasteiger partial charge is 0.289 e. The summed E-state index contributed by atoms with van der Waals surface area (Å²) in [4.78, 5) is 24.1. The van der Waals surface area contributed by atoms with E-state index in [9.17, 15) is 9.59 Å². The van der Waals surface area contributed by atoms with Crippen LogP contribution >= 0.6 is 0 Å². The van der Waals surface area contributed by atoms with Gasteiger partial charge in [0.25, 0.3) is 5.91 Å². The first-order valence-electron chi connectivity index (χ1n) is 5.09. The number of likely N-dealkylation sites (tertiary alicyclic amines) is 1. The molecule has 1 aliphatic heterocycles. The highest BCUT2D eigenvalue weighted by atomic mass is 16.3. The van der Waals surface area contributed by atoms with Gasteiger partial charge in [-0.3, -0.25) is 4.79 Å². The van der Waals surface area contributed by atoms with Crippen molar-refractivity contribution in [3.05, 3.63) is 24.2 Å². The minimum atomic E-state index is -0.0793. The van der Waals surface area contributed by atoms with E-state index in [1.54, 1.807) is 17.0 Å². The summed E-state index contributed by atoms with van der Waals surface area (Å²) in [6, 6.07) is 3.36. The molecule has 1 amide bonds. The fourth-order valence-electron chi connectivity index (χ4n) is 1.79. The van der Waals surface area contributed by atoms with Gasteiger partial charge in [-0.05, 0) is 25.0 Å². The molecule has 80 valence electrons. The SMILES string of the molecule is O=CC1CCN(C(=O)c2ccco2)CC1. The highest BCUT2D eigenvalue weighted by molar-refractivity contribution is 5.91. The summed E-state index contributed by atoms with van der Waals surface area (Å²) in [5.74, 6) is 0.412. The molecule has 0 N–H and O–H groups in total. The van der Waals surface area contributed by atoms with Crippen molar-refractivity contribution in [1.29, 1.82) is 0 Å². The Labute approximate surface area is 87.9 Å². The van der Waals surface area contributed by atoms with Crippen molar-refractivity contribution in [2.24, 2.45) is 5.92 Å². The molecule has 0 spiro atoms. The molecular formula is C11H13NO3. The van der Waals surface area contributed by atoms with Crippen LogP contribution in [0.5, 0.6) is 0 Å². The highest BCUT2D eigenvalue weighted by Crippen LogP contribution is 2.17. The first-order valence-corrected chi connectivity index (χ1v) is 5.09. The van der Waals surface area contributed by atoms with E-state index in [1.165, 1.54) is 6.26 Å². The van der Waals surface area contributed by atoms with Crippen molar-refractivity contribution in [2.75, 3.05) is 13.1 Å². The lowest BCUT2D eigenvalue weighted by molar-refractivity contribution is -0.112. The quantitative estimate of drug-likeness (QED) is 0.687. The molecule has 0 radical (unpaired) electrons. The van der Waals surface area contributed by atoms with Crippen LogP contribution in [-0.4, -0.2) is 30.2 Å². The van der Waals surface area contributed by atoms with E-state index in [-0.39, 0.29) is 11.8 Å². The third kappa shape index (κ3) is 2.09. The lowest BCUT2D eigenvalue weighted by atomic mass is 9.98. The average Bonchev–Trinajstić information content (AvgIpc) is 2.82. The van der Waals surface area contributed by atoms with Crippen LogP contribution in [0, 0.1) is 5.92 Å². The third-order valence-corrected chi connectivity index (χ3v) is 2.75. The molecule has 0 aliphatic carbocycles. The first-order chi connectivity index (χ1) is 7.31. The van der Waals surface area contributed by atoms with Gasteiger partial charge in [-0.15, -0.1) is 0 Å². The molecule has 0 saturated carbocycles. The van der Waals surface area contributed by atoms with Gasteiger partial charge in [-0.2, -0.15) is 0 Å². The predicted molar refractivity (Wildman–Crippen MR) is 53.4 cm³/mol. The summed E-state index contributed by atoms with van der Waals surface area (Å²) in [5, 5.41) is 0. The van der Waals surface area contributed by atoms with Crippen LogP contribution in [0.4, 0.5) is 0 Å². The van der Waals surface area contributed by atoms with Gasteiger partial charge in [0.1, 0.15) is 6.29 Å². The van der Waals surface area contributed by atoms with Crippen LogP contribution in [0.2, 0.25) is 0 Å². The number of hydrogen-bond donors (Lipinski definition) is 0. The number of piperidine rings is 1. The Morgan fingerprint density at radius 1 is 1.47 bits per heavy atom.